The molecule has 5 aliphatic rings. The summed E-state index contributed by atoms with van der Waals surface area (Å²) in [5, 5.41) is 37.0. The van der Waals surface area contributed by atoms with Gasteiger partial charge in [0.05, 0.1) is 6.61 Å². The number of rotatable bonds is 7. The highest BCUT2D eigenvalue weighted by molar-refractivity contribution is 8.00. The Kier molecular flexibility index (Phi) is 24.2. The number of hydrogen-bond acceptors (Lipinski definition) is 14. The van der Waals surface area contributed by atoms with Crippen LogP contribution < -0.4 is 11.1 Å². The SMILES string of the molecule is CC(=O)C1CCN(C)CC1.CN1CCC(CC(N)C(=O)O)CC1.CN1CCNC(C(=O)O)C1.CN1CCOC(C(=O)O)C1.CN1CCSC(C(=O)O)C1. The molecule has 0 aromatic carbocycles. The summed E-state index contributed by atoms with van der Waals surface area (Å²) in [4.78, 5) is 63.2. The first kappa shape index (κ1) is 48.6. The molecule has 308 valence electrons. The normalized spacial score (nSPS) is 26.0. The number of carbonyl (C=O) groups excluding carboxylic acids is 1. The van der Waals surface area contributed by atoms with E-state index in [0.717, 1.165) is 83.8 Å². The van der Waals surface area contributed by atoms with Crippen LogP contribution in [-0.2, 0) is 28.7 Å². The number of likely N-dealkylation sites (N-methyl/N-ethyl adjacent to an activating group) is 2. The fraction of sp³-hybridized carbons (Fsp3) is 0.857. The van der Waals surface area contributed by atoms with Crippen molar-refractivity contribution in [2.75, 3.05) is 120 Å². The second kappa shape index (κ2) is 26.4. The molecule has 18 heteroatoms. The van der Waals surface area contributed by atoms with Gasteiger partial charge in [-0.1, -0.05) is 0 Å². The summed E-state index contributed by atoms with van der Waals surface area (Å²) in [6.07, 6.45) is 4.29. The minimum Gasteiger partial charge on any atom is -0.480 e. The molecular weight excluding hydrogens is 710 g/mol. The van der Waals surface area contributed by atoms with E-state index in [4.69, 9.17) is 30.9 Å². The number of nitrogens with zero attached hydrogens (tertiary/aromatic N) is 5. The number of thioether (sulfide) groups is 1. The van der Waals surface area contributed by atoms with Crippen molar-refractivity contribution in [3.05, 3.63) is 0 Å². The number of aliphatic carboxylic acids is 4. The van der Waals surface area contributed by atoms with E-state index in [1.54, 1.807) is 6.92 Å². The third-order valence-corrected chi connectivity index (χ3v) is 11.0. The second-order valence-corrected chi connectivity index (χ2v) is 16.0. The number of piperidine rings is 2. The number of piperazine rings is 1. The van der Waals surface area contributed by atoms with Crippen molar-refractivity contribution >= 4 is 41.4 Å². The first-order valence-corrected chi connectivity index (χ1v) is 19.5. The van der Waals surface area contributed by atoms with Crippen LogP contribution in [0.4, 0.5) is 0 Å². The summed E-state index contributed by atoms with van der Waals surface area (Å²) in [5.74, 6) is -1.02. The Morgan fingerprint density at radius 1 is 0.717 bits per heavy atom. The van der Waals surface area contributed by atoms with Gasteiger partial charge in [-0.15, -0.1) is 11.8 Å². The number of carbonyl (C=O) groups is 5. The van der Waals surface area contributed by atoms with E-state index in [1.807, 2.05) is 30.9 Å². The molecule has 7 N–H and O–H groups in total. The van der Waals surface area contributed by atoms with Gasteiger partial charge >= 0.3 is 23.9 Å². The van der Waals surface area contributed by atoms with E-state index >= 15 is 0 Å². The molecule has 4 atom stereocenters. The number of nitrogens with one attached hydrogen (secondary N) is 1. The van der Waals surface area contributed by atoms with Crippen molar-refractivity contribution in [2.45, 2.75) is 62.5 Å². The number of hydrogen-bond donors (Lipinski definition) is 6. The molecule has 53 heavy (non-hydrogen) atoms. The van der Waals surface area contributed by atoms with Crippen molar-refractivity contribution < 1.29 is 49.1 Å². The lowest BCUT2D eigenvalue weighted by Crippen LogP contribution is -2.52. The number of morpholine rings is 1. The van der Waals surface area contributed by atoms with E-state index in [-0.39, 0.29) is 11.3 Å². The predicted molar refractivity (Wildman–Crippen MR) is 205 cm³/mol. The first-order chi connectivity index (χ1) is 24.9. The van der Waals surface area contributed by atoms with Crippen LogP contribution in [0.1, 0.15) is 39.0 Å². The minimum absolute atomic E-state index is 0.209. The Bertz CT molecular complexity index is 1030. The summed E-state index contributed by atoms with van der Waals surface area (Å²) >= 11 is 1.53. The van der Waals surface area contributed by atoms with Gasteiger partial charge in [-0.3, -0.25) is 19.2 Å². The monoisotopic (exact) mass is 777 g/mol. The van der Waals surface area contributed by atoms with E-state index in [9.17, 15) is 24.0 Å². The first-order valence-electron chi connectivity index (χ1n) is 18.5. The number of ether oxygens (including phenoxy) is 1. The molecular formula is C35H67N7O10S. The number of carboxylic acid groups (broad SMARTS) is 4. The van der Waals surface area contributed by atoms with Gasteiger partial charge in [-0.25, -0.2) is 4.79 Å². The van der Waals surface area contributed by atoms with Gasteiger partial charge in [0, 0.05) is 57.5 Å². The molecule has 0 aliphatic carbocycles. The summed E-state index contributed by atoms with van der Waals surface area (Å²) in [7, 11) is 9.97. The zero-order chi connectivity index (χ0) is 40.1. The van der Waals surface area contributed by atoms with Crippen LogP contribution in [0.5, 0.6) is 0 Å². The average Bonchev–Trinajstić information content (AvgIpc) is 3.10. The number of nitrogens with two attached hydrogens (primary N) is 1. The zero-order valence-electron chi connectivity index (χ0n) is 32.7. The fourth-order valence-electron chi connectivity index (χ4n) is 6.09. The molecule has 5 saturated heterocycles. The third-order valence-electron chi connectivity index (χ3n) is 9.80. The molecule has 0 amide bonds. The molecule has 0 bridgehead atoms. The van der Waals surface area contributed by atoms with Crippen molar-refractivity contribution in [1.82, 2.24) is 29.8 Å². The van der Waals surface area contributed by atoms with Gasteiger partial charge in [0.2, 0.25) is 0 Å². The highest BCUT2D eigenvalue weighted by Crippen LogP contribution is 2.20. The average molecular weight is 778 g/mol. The largest absolute Gasteiger partial charge is 0.480 e. The molecule has 5 aliphatic heterocycles. The zero-order valence-corrected chi connectivity index (χ0v) is 33.5. The summed E-state index contributed by atoms with van der Waals surface area (Å²) in [5.41, 5.74) is 5.47. The van der Waals surface area contributed by atoms with Crippen LogP contribution in [0.15, 0.2) is 0 Å². The standard InChI is InChI=1S/C9H18N2O2.C8H15NO.C6H12N2O2.C6H11NO3.C6H11NO2S/c1-11-4-2-7(3-5-11)6-8(10)9(12)13;1-7(10)8-3-5-9(2)6-4-8;1-8-3-2-7-5(4-8)6(9)10;2*1-7-2-3-10-5(4-7)6(8)9/h7-8H,2-6,10H2,1H3,(H,12,13);8H,3-6H2,1-2H3;5,7H,2-4H2,1H3,(H,9,10);2*5H,2-4H2,1H3,(H,8,9). The van der Waals surface area contributed by atoms with Crippen LogP contribution in [-0.4, -0.2) is 218 Å². The molecule has 5 heterocycles. The number of ketones is 1. The lowest BCUT2D eigenvalue weighted by atomic mass is 9.91. The number of carboxylic acids is 4. The molecule has 5 rings (SSSR count). The maximum Gasteiger partial charge on any atom is 0.334 e. The van der Waals surface area contributed by atoms with Gasteiger partial charge < -0.3 is 60.7 Å². The van der Waals surface area contributed by atoms with Crippen molar-refractivity contribution in [3.8, 4) is 0 Å². The Morgan fingerprint density at radius 2 is 1.26 bits per heavy atom. The summed E-state index contributed by atoms with van der Waals surface area (Å²) in [6.45, 7) is 11.9. The van der Waals surface area contributed by atoms with Gasteiger partial charge in [-0.2, -0.15) is 0 Å². The Morgan fingerprint density at radius 3 is 1.66 bits per heavy atom. The lowest BCUT2D eigenvalue weighted by molar-refractivity contribution is -0.155. The van der Waals surface area contributed by atoms with Crippen molar-refractivity contribution in [3.63, 3.8) is 0 Å². The Hall–Kier alpha value is -2.42. The summed E-state index contributed by atoms with van der Waals surface area (Å²) in [6, 6.07) is -1.05. The number of Topliss-reactive ketones (excluding diaryl/α,β-unsaturated/α-hetero) is 1. The lowest BCUT2D eigenvalue weighted by Gasteiger charge is -2.29. The van der Waals surface area contributed by atoms with Crippen LogP contribution in [0.25, 0.3) is 0 Å². The van der Waals surface area contributed by atoms with Gasteiger partial charge in [0.25, 0.3) is 0 Å². The van der Waals surface area contributed by atoms with Crippen LogP contribution in [0.2, 0.25) is 0 Å². The predicted octanol–water partition coefficient (Wildman–Crippen LogP) is -0.458. The van der Waals surface area contributed by atoms with Crippen LogP contribution >= 0.6 is 11.8 Å². The van der Waals surface area contributed by atoms with Gasteiger partial charge in [-0.05, 0) is 106 Å². The molecule has 17 nitrogen and oxygen atoms in total. The molecule has 0 aromatic rings. The summed E-state index contributed by atoms with van der Waals surface area (Å²) < 4.78 is 4.97. The highest BCUT2D eigenvalue weighted by atomic mass is 32.2. The van der Waals surface area contributed by atoms with Gasteiger partial charge in [0.1, 0.15) is 23.1 Å². The number of likely N-dealkylation sites (tertiary alicyclic amines) is 2. The van der Waals surface area contributed by atoms with Gasteiger partial charge in [0.15, 0.2) is 6.10 Å². The Balaban J connectivity index is 0.000000333. The van der Waals surface area contributed by atoms with E-state index in [2.05, 4.69) is 34.1 Å². The highest BCUT2D eigenvalue weighted by Gasteiger charge is 2.25. The molecule has 0 aromatic heterocycles. The molecule has 0 saturated carbocycles. The molecule has 0 spiro atoms. The minimum atomic E-state index is -0.876. The fourth-order valence-corrected chi connectivity index (χ4v) is 7.29. The van der Waals surface area contributed by atoms with E-state index in [0.29, 0.717) is 50.3 Å². The van der Waals surface area contributed by atoms with E-state index in [1.165, 1.54) is 11.8 Å². The topological polar surface area (TPSA) is 230 Å². The maximum absolute atomic E-state index is 10.9. The molecule has 5 fully saturated rings. The smallest absolute Gasteiger partial charge is 0.334 e. The maximum atomic E-state index is 10.9. The Labute approximate surface area is 319 Å². The third kappa shape index (κ3) is 21.9. The molecule has 4 unspecified atom stereocenters. The van der Waals surface area contributed by atoms with Crippen molar-refractivity contribution in [2.24, 2.45) is 17.6 Å². The van der Waals surface area contributed by atoms with E-state index < -0.39 is 36.0 Å². The molecule has 0 radical (unpaired) electrons. The van der Waals surface area contributed by atoms with Crippen molar-refractivity contribution in [1.29, 1.82) is 0 Å². The van der Waals surface area contributed by atoms with Crippen LogP contribution in [0, 0.1) is 11.8 Å². The quantitative estimate of drug-likeness (QED) is 0.192. The van der Waals surface area contributed by atoms with Crippen LogP contribution in [0.3, 0.4) is 0 Å². The second-order valence-electron chi connectivity index (χ2n) is 14.6.